The molecule has 5 nitrogen and oxygen atoms in total. The second-order valence-electron chi connectivity index (χ2n) is 1.97. The van der Waals surface area contributed by atoms with Gasteiger partial charge in [-0.2, -0.15) is 0 Å². The number of nitro benzene ring substituents is 1. The topological polar surface area (TPSA) is 69.4 Å². The molecule has 0 N–H and O–H groups in total. The van der Waals surface area contributed by atoms with Crippen molar-refractivity contribution >= 4 is 12.2 Å². The average molecular weight is 227 g/mol. The Bertz CT molecular complexity index is 295. The Morgan fingerprint density at radius 1 is 1.12 bits per heavy atom. The number of hydrogen-bond donors (Lipinski definition) is 0. The lowest BCUT2D eigenvalue weighted by Gasteiger charge is -1.94. The molecule has 0 saturated heterocycles. The number of carbonyl (C=O) groups excluding carboxylic acids is 1. The third kappa shape index (κ3) is 6.53. The second-order valence-corrected chi connectivity index (χ2v) is 1.97. The van der Waals surface area contributed by atoms with E-state index in [2.05, 4.69) is 4.74 Å². The number of rotatable bonds is 3. The second kappa shape index (κ2) is 11.2. The van der Waals surface area contributed by atoms with Gasteiger partial charge in [0.2, 0.25) is 0 Å². The van der Waals surface area contributed by atoms with E-state index in [1.165, 1.54) is 24.3 Å². The van der Waals surface area contributed by atoms with Gasteiger partial charge in [-0.25, -0.2) is 0 Å². The Morgan fingerprint density at radius 2 is 1.56 bits per heavy atom. The maximum Gasteiger partial charge on any atom is 0.298 e. The number of nitrogens with zero attached hydrogens (tertiary/aromatic N) is 1. The van der Waals surface area contributed by atoms with Gasteiger partial charge in [0.05, 0.1) is 4.92 Å². The van der Waals surface area contributed by atoms with Gasteiger partial charge in [0.25, 0.3) is 12.2 Å². The van der Waals surface area contributed by atoms with Crippen molar-refractivity contribution in [3.05, 3.63) is 34.4 Å². The third-order valence-electron chi connectivity index (χ3n) is 1.23. The highest BCUT2D eigenvalue weighted by atomic mass is 16.6. The predicted molar refractivity (Wildman–Crippen MR) is 62.5 cm³/mol. The van der Waals surface area contributed by atoms with E-state index in [1.54, 1.807) is 0 Å². The van der Waals surface area contributed by atoms with Crippen molar-refractivity contribution in [2.75, 3.05) is 0 Å². The molecule has 0 aliphatic carbocycles. The number of non-ortho nitro benzene ring substituents is 1. The molecular weight excluding hydrogens is 210 g/mol. The Morgan fingerprint density at radius 3 is 1.88 bits per heavy atom. The monoisotopic (exact) mass is 227 g/mol. The van der Waals surface area contributed by atoms with E-state index in [-0.39, 0.29) is 17.9 Å². The summed E-state index contributed by atoms with van der Waals surface area (Å²) < 4.78 is 4.44. The van der Waals surface area contributed by atoms with Crippen LogP contribution in [0, 0.1) is 10.1 Å². The van der Waals surface area contributed by atoms with Gasteiger partial charge in [-0.1, -0.05) is 27.7 Å². The van der Waals surface area contributed by atoms with Crippen LogP contribution in [0.1, 0.15) is 27.7 Å². The minimum Gasteiger partial charge on any atom is -0.429 e. The van der Waals surface area contributed by atoms with Crippen LogP contribution in [0.15, 0.2) is 24.3 Å². The first-order valence-corrected chi connectivity index (χ1v) is 5.09. The lowest BCUT2D eigenvalue weighted by molar-refractivity contribution is -0.384. The van der Waals surface area contributed by atoms with Crippen LogP contribution in [0.3, 0.4) is 0 Å². The fourth-order valence-corrected chi connectivity index (χ4v) is 0.702. The van der Waals surface area contributed by atoms with Crippen LogP contribution in [-0.2, 0) is 4.79 Å². The first kappa shape index (κ1) is 16.5. The number of carbonyl (C=O) groups is 1. The summed E-state index contributed by atoms with van der Waals surface area (Å²) in [6, 6.07) is 5.23. The molecule has 90 valence electrons. The Kier molecular flexibility index (Phi) is 11.5. The van der Waals surface area contributed by atoms with E-state index in [4.69, 9.17) is 0 Å². The molecule has 0 fully saturated rings. The van der Waals surface area contributed by atoms with Gasteiger partial charge in [0, 0.05) is 12.1 Å². The standard InChI is InChI=1S/C7H5NO4.2C2H6/c9-5-12-7-3-1-6(2-4-7)8(10)11;2*1-2/h1-5H;2*1-2H3. The van der Waals surface area contributed by atoms with Crippen LogP contribution >= 0.6 is 0 Å². The van der Waals surface area contributed by atoms with E-state index in [9.17, 15) is 14.9 Å². The summed E-state index contributed by atoms with van der Waals surface area (Å²) in [6.07, 6.45) is 0. The summed E-state index contributed by atoms with van der Waals surface area (Å²) in [7, 11) is 0. The van der Waals surface area contributed by atoms with Crippen molar-refractivity contribution < 1.29 is 14.5 Å². The van der Waals surface area contributed by atoms with Crippen LogP contribution in [-0.4, -0.2) is 11.4 Å². The molecule has 0 atom stereocenters. The summed E-state index contributed by atoms with van der Waals surface area (Å²) in [6.45, 7) is 8.27. The van der Waals surface area contributed by atoms with Gasteiger partial charge in [0.15, 0.2) is 0 Å². The lowest BCUT2D eigenvalue weighted by Crippen LogP contribution is -1.90. The molecule has 0 aliphatic rings. The molecule has 16 heavy (non-hydrogen) atoms. The molecule has 0 amide bonds. The molecule has 0 aliphatic heterocycles. The van der Waals surface area contributed by atoms with Gasteiger partial charge in [0.1, 0.15) is 5.75 Å². The molecule has 0 heterocycles. The number of ether oxygens (including phenoxy) is 1. The minimum absolute atomic E-state index is 0.0340. The van der Waals surface area contributed by atoms with Gasteiger partial charge < -0.3 is 4.74 Å². The SMILES string of the molecule is CC.CC.O=COc1ccc([N+](=O)[O-])cc1. The molecule has 0 unspecified atom stereocenters. The highest BCUT2D eigenvalue weighted by Gasteiger charge is 2.03. The Hall–Kier alpha value is -1.91. The summed E-state index contributed by atoms with van der Waals surface area (Å²) >= 11 is 0. The Labute approximate surface area is 95.2 Å². The maximum absolute atomic E-state index is 10.2. The van der Waals surface area contributed by atoms with Crippen LogP contribution in [0.2, 0.25) is 0 Å². The molecule has 0 bridgehead atoms. The van der Waals surface area contributed by atoms with Crippen LogP contribution in [0.25, 0.3) is 0 Å². The number of hydrogen-bond acceptors (Lipinski definition) is 4. The third-order valence-corrected chi connectivity index (χ3v) is 1.23. The van der Waals surface area contributed by atoms with E-state index < -0.39 is 4.92 Å². The molecule has 0 spiro atoms. The molecule has 0 aromatic heterocycles. The maximum atomic E-state index is 10.2. The molecule has 0 radical (unpaired) electrons. The minimum atomic E-state index is -0.523. The molecule has 1 aromatic rings. The van der Waals surface area contributed by atoms with Gasteiger partial charge >= 0.3 is 0 Å². The normalized spacial score (nSPS) is 7.50. The zero-order chi connectivity index (χ0) is 13.0. The highest BCUT2D eigenvalue weighted by Crippen LogP contribution is 2.16. The first-order chi connectivity index (χ1) is 7.74. The van der Waals surface area contributed by atoms with Crippen molar-refractivity contribution in [1.82, 2.24) is 0 Å². The van der Waals surface area contributed by atoms with Crippen LogP contribution in [0.4, 0.5) is 5.69 Å². The Balaban J connectivity index is 0. The summed E-state index contributed by atoms with van der Waals surface area (Å²) in [4.78, 5) is 19.5. The van der Waals surface area contributed by atoms with E-state index in [0.29, 0.717) is 0 Å². The zero-order valence-corrected chi connectivity index (χ0v) is 9.97. The van der Waals surface area contributed by atoms with Gasteiger partial charge in [-0.3, -0.25) is 14.9 Å². The van der Waals surface area contributed by atoms with E-state index in [1.807, 2.05) is 27.7 Å². The molecule has 1 aromatic carbocycles. The van der Waals surface area contributed by atoms with E-state index >= 15 is 0 Å². The van der Waals surface area contributed by atoms with E-state index in [0.717, 1.165) is 0 Å². The fraction of sp³-hybridized carbons (Fsp3) is 0.364. The van der Waals surface area contributed by atoms with Gasteiger partial charge in [-0.15, -0.1) is 0 Å². The largest absolute Gasteiger partial charge is 0.429 e. The molecular formula is C11H17NO4. The highest BCUT2D eigenvalue weighted by molar-refractivity contribution is 5.46. The van der Waals surface area contributed by atoms with Crippen molar-refractivity contribution in [1.29, 1.82) is 0 Å². The average Bonchev–Trinajstić information content (AvgIpc) is 2.35. The first-order valence-electron chi connectivity index (χ1n) is 5.09. The number of nitro groups is 1. The number of benzene rings is 1. The summed E-state index contributed by atoms with van der Waals surface area (Å²) in [5.41, 5.74) is -0.0340. The fourth-order valence-electron chi connectivity index (χ4n) is 0.702. The van der Waals surface area contributed by atoms with Crippen molar-refractivity contribution in [3.63, 3.8) is 0 Å². The van der Waals surface area contributed by atoms with Gasteiger partial charge in [-0.05, 0) is 12.1 Å². The molecule has 5 heteroatoms. The van der Waals surface area contributed by atoms with Crippen molar-refractivity contribution in [2.45, 2.75) is 27.7 Å². The molecule has 0 saturated carbocycles. The van der Waals surface area contributed by atoms with Crippen LogP contribution < -0.4 is 4.74 Å². The summed E-state index contributed by atoms with van der Waals surface area (Å²) in [5, 5.41) is 10.2. The quantitative estimate of drug-likeness (QED) is 0.451. The lowest BCUT2D eigenvalue weighted by atomic mass is 10.3. The smallest absolute Gasteiger partial charge is 0.298 e. The molecule has 1 rings (SSSR count). The predicted octanol–water partition coefficient (Wildman–Crippen LogP) is 3.18. The zero-order valence-electron chi connectivity index (χ0n) is 9.97. The van der Waals surface area contributed by atoms with Crippen LogP contribution in [0.5, 0.6) is 5.75 Å². The summed E-state index contributed by atoms with van der Waals surface area (Å²) in [5.74, 6) is 0.288. The van der Waals surface area contributed by atoms with Crippen molar-refractivity contribution in [3.8, 4) is 5.75 Å². The van der Waals surface area contributed by atoms with Crippen molar-refractivity contribution in [2.24, 2.45) is 0 Å².